The van der Waals surface area contributed by atoms with E-state index in [1.54, 1.807) is 13.0 Å². The van der Waals surface area contributed by atoms with Crippen LogP contribution in [0.1, 0.15) is 18.9 Å². The molecule has 0 aromatic heterocycles. The van der Waals surface area contributed by atoms with E-state index in [-0.39, 0.29) is 22.4 Å². The molecule has 1 rings (SSSR count). The summed E-state index contributed by atoms with van der Waals surface area (Å²) in [6.07, 6.45) is 1.86. The van der Waals surface area contributed by atoms with Crippen LogP contribution < -0.4 is 10.6 Å². The molecule has 0 aliphatic carbocycles. The van der Waals surface area contributed by atoms with Gasteiger partial charge in [0, 0.05) is 31.7 Å². The second-order valence-corrected chi connectivity index (χ2v) is 7.43. The number of hydrogen-bond acceptors (Lipinski definition) is 5. The monoisotopic (exact) mass is 362 g/mol. The number of carbonyl (C=O) groups excluding carboxylic acids is 1. The second-order valence-electron chi connectivity index (χ2n) is 5.08. The van der Waals surface area contributed by atoms with Gasteiger partial charge in [-0.1, -0.05) is 11.6 Å². The molecule has 0 atom stereocenters. The zero-order valence-corrected chi connectivity index (χ0v) is 15.2. The Morgan fingerprint density at radius 3 is 2.65 bits per heavy atom. The largest absolute Gasteiger partial charge is 0.382 e. The van der Waals surface area contributed by atoms with Gasteiger partial charge in [-0.25, -0.2) is 8.42 Å². The number of nitrogens with one attached hydrogen (secondary N) is 2. The molecule has 2 N–H and O–H groups in total. The first kappa shape index (κ1) is 19.7. The number of halogens is 1. The molecule has 0 aliphatic rings. The van der Waals surface area contributed by atoms with Crippen molar-refractivity contribution >= 4 is 33.0 Å². The Balaban J connectivity index is 2.60. The SMILES string of the molecule is CCOCCCNC(=O)CNc1ccc(Cl)c(S(C)(=O)=O)c1C. The highest BCUT2D eigenvalue weighted by Gasteiger charge is 2.18. The van der Waals surface area contributed by atoms with Crippen molar-refractivity contribution in [2.45, 2.75) is 25.2 Å². The number of rotatable bonds is 9. The number of ether oxygens (including phenoxy) is 1. The second kappa shape index (κ2) is 9.10. The van der Waals surface area contributed by atoms with E-state index in [4.69, 9.17) is 16.3 Å². The lowest BCUT2D eigenvalue weighted by Crippen LogP contribution is -2.31. The first-order chi connectivity index (χ1) is 10.8. The van der Waals surface area contributed by atoms with Crippen LogP contribution in [0.4, 0.5) is 5.69 Å². The van der Waals surface area contributed by atoms with Crippen molar-refractivity contribution in [3.8, 4) is 0 Å². The van der Waals surface area contributed by atoms with Gasteiger partial charge in [0.25, 0.3) is 0 Å². The Morgan fingerprint density at radius 1 is 1.35 bits per heavy atom. The lowest BCUT2D eigenvalue weighted by Gasteiger charge is -2.14. The van der Waals surface area contributed by atoms with E-state index in [2.05, 4.69) is 10.6 Å². The summed E-state index contributed by atoms with van der Waals surface area (Å²) in [4.78, 5) is 11.8. The maximum atomic E-state index is 11.8. The Labute approximate surface area is 142 Å². The molecule has 6 nitrogen and oxygen atoms in total. The van der Waals surface area contributed by atoms with Gasteiger partial charge in [-0.3, -0.25) is 4.79 Å². The lowest BCUT2D eigenvalue weighted by atomic mass is 10.2. The molecular weight excluding hydrogens is 340 g/mol. The molecule has 0 saturated carbocycles. The summed E-state index contributed by atoms with van der Waals surface area (Å²) in [7, 11) is -3.43. The van der Waals surface area contributed by atoms with E-state index in [0.29, 0.717) is 31.0 Å². The van der Waals surface area contributed by atoms with Crippen LogP contribution in [0, 0.1) is 6.92 Å². The van der Waals surface area contributed by atoms with Crippen LogP contribution in [0.5, 0.6) is 0 Å². The summed E-state index contributed by atoms with van der Waals surface area (Å²) in [5.74, 6) is -0.170. The zero-order valence-electron chi connectivity index (χ0n) is 13.6. The van der Waals surface area contributed by atoms with Gasteiger partial charge in [0.1, 0.15) is 0 Å². The van der Waals surface area contributed by atoms with Gasteiger partial charge in [0.15, 0.2) is 9.84 Å². The molecule has 0 aliphatic heterocycles. The maximum Gasteiger partial charge on any atom is 0.239 e. The van der Waals surface area contributed by atoms with Crippen LogP contribution in [-0.4, -0.2) is 46.9 Å². The minimum Gasteiger partial charge on any atom is -0.382 e. The Bertz CT molecular complexity index is 647. The third kappa shape index (κ3) is 6.37. The number of hydrogen-bond donors (Lipinski definition) is 2. The van der Waals surface area contributed by atoms with Crippen LogP contribution in [0.3, 0.4) is 0 Å². The summed E-state index contributed by atoms with van der Waals surface area (Å²) in [5.41, 5.74) is 1.07. The summed E-state index contributed by atoms with van der Waals surface area (Å²) < 4.78 is 28.8. The topological polar surface area (TPSA) is 84.5 Å². The van der Waals surface area contributed by atoms with Crippen molar-refractivity contribution in [2.24, 2.45) is 0 Å². The van der Waals surface area contributed by atoms with Gasteiger partial charge in [0.05, 0.1) is 16.5 Å². The molecule has 0 unspecified atom stereocenters. The highest BCUT2D eigenvalue weighted by Crippen LogP contribution is 2.30. The molecule has 0 bridgehead atoms. The highest BCUT2D eigenvalue weighted by atomic mass is 35.5. The fraction of sp³-hybridized carbons (Fsp3) is 0.533. The smallest absolute Gasteiger partial charge is 0.239 e. The van der Waals surface area contributed by atoms with Gasteiger partial charge in [0.2, 0.25) is 5.91 Å². The van der Waals surface area contributed by atoms with Gasteiger partial charge in [-0.05, 0) is 38.0 Å². The van der Waals surface area contributed by atoms with Crippen molar-refractivity contribution in [3.63, 3.8) is 0 Å². The van der Waals surface area contributed by atoms with Crippen LogP contribution in [0.15, 0.2) is 17.0 Å². The predicted molar refractivity (Wildman–Crippen MR) is 91.9 cm³/mol. The molecule has 1 amide bonds. The number of anilines is 1. The summed E-state index contributed by atoms with van der Waals surface area (Å²) in [5, 5.41) is 5.88. The highest BCUT2D eigenvalue weighted by molar-refractivity contribution is 7.90. The molecule has 130 valence electrons. The van der Waals surface area contributed by atoms with Gasteiger partial charge >= 0.3 is 0 Å². The van der Waals surface area contributed by atoms with Crippen molar-refractivity contribution in [2.75, 3.05) is 37.9 Å². The van der Waals surface area contributed by atoms with Crippen LogP contribution in [0.25, 0.3) is 0 Å². The van der Waals surface area contributed by atoms with E-state index in [9.17, 15) is 13.2 Å². The van der Waals surface area contributed by atoms with Crippen LogP contribution in [-0.2, 0) is 19.4 Å². The van der Waals surface area contributed by atoms with Crippen LogP contribution in [0.2, 0.25) is 5.02 Å². The molecule has 1 aromatic rings. The van der Waals surface area contributed by atoms with E-state index < -0.39 is 9.84 Å². The van der Waals surface area contributed by atoms with Crippen molar-refractivity contribution in [1.29, 1.82) is 0 Å². The van der Waals surface area contributed by atoms with E-state index in [1.807, 2.05) is 6.92 Å². The van der Waals surface area contributed by atoms with Crippen molar-refractivity contribution in [1.82, 2.24) is 5.32 Å². The summed E-state index contributed by atoms with van der Waals surface area (Å²) >= 11 is 5.96. The first-order valence-electron chi connectivity index (χ1n) is 7.34. The normalized spacial score (nSPS) is 11.3. The summed E-state index contributed by atoms with van der Waals surface area (Å²) in [6.45, 7) is 5.44. The molecule has 0 saturated heterocycles. The average Bonchev–Trinajstić information content (AvgIpc) is 2.45. The minimum absolute atomic E-state index is 0.0559. The molecule has 0 radical (unpaired) electrons. The van der Waals surface area contributed by atoms with E-state index >= 15 is 0 Å². The molecule has 23 heavy (non-hydrogen) atoms. The lowest BCUT2D eigenvalue weighted by molar-refractivity contribution is -0.119. The standard InChI is InChI=1S/C15H23ClN2O4S/c1-4-22-9-5-8-17-14(19)10-18-13-7-6-12(16)15(11(13)2)23(3,20)21/h6-7,18H,4-5,8-10H2,1-3H3,(H,17,19). The molecular formula is C15H23ClN2O4S. The average molecular weight is 363 g/mol. The van der Waals surface area contributed by atoms with Gasteiger partial charge in [-0.15, -0.1) is 0 Å². The van der Waals surface area contributed by atoms with Crippen molar-refractivity contribution in [3.05, 3.63) is 22.7 Å². The number of benzene rings is 1. The van der Waals surface area contributed by atoms with E-state index in [1.165, 1.54) is 6.07 Å². The van der Waals surface area contributed by atoms with Gasteiger partial charge < -0.3 is 15.4 Å². The maximum absolute atomic E-state index is 11.8. The molecule has 8 heteroatoms. The predicted octanol–water partition coefficient (Wildman–Crippen LogP) is 2.01. The quantitative estimate of drug-likeness (QED) is 0.656. The molecule has 1 aromatic carbocycles. The minimum atomic E-state index is -3.43. The Hall–Kier alpha value is -1.31. The first-order valence-corrected chi connectivity index (χ1v) is 9.61. The molecule has 0 fully saturated rings. The van der Waals surface area contributed by atoms with Gasteiger partial charge in [-0.2, -0.15) is 0 Å². The molecule has 0 spiro atoms. The van der Waals surface area contributed by atoms with Crippen LogP contribution >= 0.6 is 11.6 Å². The summed E-state index contributed by atoms with van der Waals surface area (Å²) in [6, 6.07) is 3.17. The third-order valence-corrected chi connectivity index (χ3v) is 4.85. The number of amides is 1. The molecule has 0 heterocycles. The van der Waals surface area contributed by atoms with E-state index in [0.717, 1.165) is 12.7 Å². The fourth-order valence-corrected chi connectivity index (χ4v) is 3.80. The third-order valence-electron chi connectivity index (χ3n) is 3.16. The Kier molecular flexibility index (Phi) is 7.81. The zero-order chi connectivity index (χ0) is 17.5. The van der Waals surface area contributed by atoms with Crippen molar-refractivity contribution < 1.29 is 17.9 Å². The Morgan fingerprint density at radius 2 is 2.04 bits per heavy atom. The number of carbonyl (C=O) groups is 1. The fourth-order valence-electron chi connectivity index (χ4n) is 2.09. The number of sulfone groups is 1.